The summed E-state index contributed by atoms with van der Waals surface area (Å²) < 4.78 is 1.57. The zero-order valence-electron chi connectivity index (χ0n) is 11.0. The first-order valence-electron chi connectivity index (χ1n) is 6.75. The van der Waals surface area contributed by atoms with Gasteiger partial charge in [0.15, 0.2) is 0 Å². The van der Waals surface area contributed by atoms with Crippen LogP contribution >= 0.6 is 0 Å². The number of hydrogen-bond donors (Lipinski definition) is 2. The number of nitrogens with zero attached hydrogens (tertiary/aromatic N) is 4. The molecule has 1 amide bonds. The number of H-pyrrole nitrogens is 1. The van der Waals surface area contributed by atoms with E-state index in [1.807, 2.05) is 6.92 Å². The van der Waals surface area contributed by atoms with Gasteiger partial charge >= 0.3 is 0 Å². The van der Waals surface area contributed by atoms with Crippen molar-refractivity contribution in [3.63, 3.8) is 0 Å². The summed E-state index contributed by atoms with van der Waals surface area (Å²) in [7, 11) is 0. The standard InChI is InChI=1S/C12H18N6O/c1-12(6-4-2-3-5-7-12)9(19)15-11-17-16-10-13-8-14-18(10)11/h8H,2-7H2,1H3,(H,13,14,16)(H,15,17,19). The molecule has 0 aromatic carbocycles. The molecule has 0 radical (unpaired) electrons. The van der Waals surface area contributed by atoms with Gasteiger partial charge in [0, 0.05) is 5.41 Å². The molecular weight excluding hydrogens is 244 g/mol. The van der Waals surface area contributed by atoms with Crippen molar-refractivity contribution >= 4 is 17.6 Å². The molecule has 0 aliphatic heterocycles. The molecule has 2 N–H and O–H groups in total. The molecule has 7 heteroatoms. The van der Waals surface area contributed by atoms with Gasteiger partial charge in [-0.25, -0.2) is 0 Å². The molecule has 0 saturated heterocycles. The molecule has 2 aromatic heterocycles. The van der Waals surface area contributed by atoms with E-state index in [1.54, 1.807) is 4.52 Å². The molecule has 2 aromatic rings. The number of anilines is 1. The summed E-state index contributed by atoms with van der Waals surface area (Å²) in [6.07, 6.45) is 8.06. The Morgan fingerprint density at radius 1 is 1.32 bits per heavy atom. The van der Waals surface area contributed by atoms with Gasteiger partial charge in [-0.05, 0) is 12.8 Å². The normalized spacial score (nSPS) is 19.2. The van der Waals surface area contributed by atoms with E-state index in [0.29, 0.717) is 11.7 Å². The summed E-state index contributed by atoms with van der Waals surface area (Å²) in [6.45, 7) is 2.04. The fourth-order valence-electron chi connectivity index (χ4n) is 2.69. The molecule has 1 aliphatic carbocycles. The molecule has 1 fully saturated rings. The highest BCUT2D eigenvalue weighted by Crippen LogP contribution is 2.35. The Labute approximate surface area is 110 Å². The summed E-state index contributed by atoms with van der Waals surface area (Å²) in [5.41, 5.74) is -0.303. The van der Waals surface area contributed by atoms with Gasteiger partial charge in [-0.2, -0.15) is 9.50 Å². The Hall–Kier alpha value is -1.92. The minimum absolute atomic E-state index is 0.0262. The number of carbonyl (C=O) groups excluding carboxylic acids is 1. The third-order valence-corrected chi connectivity index (χ3v) is 3.99. The second-order valence-electron chi connectivity index (χ2n) is 5.48. The van der Waals surface area contributed by atoms with E-state index in [9.17, 15) is 4.79 Å². The molecule has 102 valence electrons. The number of fused-ring (bicyclic) bond motifs is 1. The molecule has 2 heterocycles. The smallest absolute Gasteiger partial charge is 0.273 e. The van der Waals surface area contributed by atoms with Gasteiger partial charge in [0.2, 0.25) is 5.91 Å². The fourth-order valence-corrected chi connectivity index (χ4v) is 2.69. The van der Waals surface area contributed by atoms with Crippen LogP contribution < -0.4 is 5.32 Å². The van der Waals surface area contributed by atoms with Crippen LogP contribution in [0.15, 0.2) is 6.33 Å². The van der Waals surface area contributed by atoms with Crippen LogP contribution in [0.2, 0.25) is 0 Å². The molecule has 7 nitrogen and oxygen atoms in total. The highest BCUT2D eigenvalue weighted by molar-refractivity contribution is 5.93. The van der Waals surface area contributed by atoms with Crippen molar-refractivity contribution in [2.45, 2.75) is 45.4 Å². The van der Waals surface area contributed by atoms with Gasteiger partial charge < -0.3 is 0 Å². The Kier molecular flexibility index (Phi) is 2.96. The summed E-state index contributed by atoms with van der Waals surface area (Å²) in [4.78, 5) is 16.5. The number of rotatable bonds is 2. The van der Waals surface area contributed by atoms with Crippen LogP contribution in [0.5, 0.6) is 0 Å². The highest BCUT2D eigenvalue weighted by atomic mass is 16.2. The molecule has 3 rings (SSSR count). The third-order valence-electron chi connectivity index (χ3n) is 3.99. The van der Waals surface area contributed by atoms with Crippen molar-refractivity contribution in [1.29, 1.82) is 0 Å². The van der Waals surface area contributed by atoms with E-state index in [2.05, 4.69) is 25.6 Å². The van der Waals surface area contributed by atoms with Crippen LogP contribution in [0.4, 0.5) is 5.95 Å². The van der Waals surface area contributed by atoms with Gasteiger partial charge in [0.1, 0.15) is 6.33 Å². The zero-order chi connectivity index (χ0) is 13.3. The molecule has 1 saturated carbocycles. The number of amides is 1. The minimum Gasteiger partial charge on any atom is -0.293 e. The number of carbonyl (C=O) groups is 1. The van der Waals surface area contributed by atoms with Gasteiger partial charge in [0.25, 0.3) is 11.7 Å². The van der Waals surface area contributed by atoms with E-state index >= 15 is 0 Å². The van der Waals surface area contributed by atoms with Crippen molar-refractivity contribution < 1.29 is 4.79 Å². The van der Waals surface area contributed by atoms with E-state index < -0.39 is 0 Å². The predicted molar refractivity (Wildman–Crippen MR) is 69.6 cm³/mol. The first-order chi connectivity index (χ1) is 9.19. The average Bonchev–Trinajstić information content (AvgIpc) is 2.92. The van der Waals surface area contributed by atoms with Crippen molar-refractivity contribution in [2.75, 3.05) is 5.32 Å². The lowest BCUT2D eigenvalue weighted by Gasteiger charge is -2.25. The maximum absolute atomic E-state index is 12.5. The third kappa shape index (κ3) is 2.20. The Balaban J connectivity index is 1.79. The van der Waals surface area contributed by atoms with Crippen LogP contribution in [0.25, 0.3) is 5.78 Å². The second kappa shape index (κ2) is 4.64. The van der Waals surface area contributed by atoms with Gasteiger partial charge in [-0.15, -0.1) is 10.2 Å². The molecule has 0 unspecified atom stereocenters. The molecule has 0 spiro atoms. The second-order valence-corrected chi connectivity index (χ2v) is 5.48. The Morgan fingerprint density at radius 3 is 2.79 bits per heavy atom. The maximum atomic E-state index is 12.5. The largest absolute Gasteiger partial charge is 0.293 e. The molecule has 0 atom stereocenters. The van der Waals surface area contributed by atoms with Crippen LogP contribution in [0.1, 0.15) is 45.4 Å². The zero-order valence-corrected chi connectivity index (χ0v) is 11.0. The summed E-state index contributed by atoms with van der Waals surface area (Å²) in [6, 6.07) is 0. The molecule has 19 heavy (non-hydrogen) atoms. The monoisotopic (exact) mass is 262 g/mol. The first kappa shape index (κ1) is 12.1. The number of aromatic amines is 1. The maximum Gasteiger partial charge on any atom is 0.273 e. The summed E-state index contributed by atoms with van der Waals surface area (Å²) in [5.74, 6) is 0.891. The number of aromatic nitrogens is 5. The van der Waals surface area contributed by atoms with Crippen LogP contribution in [0.3, 0.4) is 0 Å². The first-order valence-corrected chi connectivity index (χ1v) is 6.75. The molecular formula is C12H18N6O. The van der Waals surface area contributed by atoms with Crippen molar-refractivity contribution in [1.82, 2.24) is 24.8 Å². The average molecular weight is 262 g/mol. The van der Waals surface area contributed by atoms with Gasteiger partial charge in [0.05, 0.1) is 0 Å². The van der Waals surface area contributed by atoms with Gasteiger partial charge in [-0.3, -0.25) is 15.2 Å². The van der Waals surface area contributed by atoms with Crippen LogP contribution in [-0.4, -0.2) is 30.7 Å². The quantitative estimate of drug-likeness (QED) is 0.807. The minimum atomic E-state index is -0.303. The van der Waals surface area contributed by atoms with Crippen molar-refractivity contribution in [2.24, 2.45) is 5.41 Å². The lowest BCUT2D eigenvalue weighted by molar-refractivity contribution is -0.125. The lowest BCUT2D eigenvalue weighted by Crippen LogP contribution is -2.33. The SMILES string of the molecule is CC1(C(=O)Nc2nnc3nc[nH]n23)CCCCCC1. The topological polar surface area (TPSA) is 88.0 Å². The van der Waals surface area contributed by atoms with Crippen LogP contribution in [0, 0.1) is 5.41 Å². The molecule has 0 bridgehead atoms. The number of hydrogen-bond acceptors (Lipinski definition) is 4. The summed E-state index contributed by atoms with van der Waals surface area (Å²) >= 11 is 0. The van der Waals surface area contributed by atoms with Crippen molar-refractivity contribution in [3.05, 3.63) is 6.33 Å². The Morgan fingerprint density at radius 2 is 2.05 bits per heavy atom. The van der Waals surface area contributed by atoms with Crippen LogP contribution in [-0.2, 0) is 4.79 Å². The van der Waals surface area contributed by atoms with Gasteiger partial charge in [-0.1, -0.05) is 32.6 Å². The lowest BCUT2D eigenvalue weighted by atomic mass is 9.81. The van der Waals surface area contributed by atoms with E-state index in [-0.39, 0.29) is 11.3 Å². The summed E-state index contributed by atoms with van der Waals surface area (Å²) in [5, 5.41) is 13.5. The van der Waals surface area contributed by atoms with Crippen molar-refractivity contribution in [3.8, 4) is 0 Å². The molecule has 1 aliphatic rings. The Bertz CT molecular complexity index is 578. The predicted octanol–water partition coefficient (Wildman–Crippen LogP) is 1.75. The van der Waals surface area contributed by atoms with E-state index in [4.69, 9.17) is 0 Å². The highest BCUT2D eigenvalue weighted by Gasteiger charge is 2.34. The number of nitrogens with one attached hydrogen (secondary N) is 2. The van der Waals surface area contributed by atoms with E-state index in [0.717, 1.165) is 25.7 Å². The fraction of sp³-hybridized carbons (Fsp3) is 0.667. The van der Waals surface area contributed by atoms with E-state index in [1.165, 1.54) is 19.2 Å².